The quantitative estimate of drug-likeness (QED) is 0.578. The summed E-state index contributed by atoms with van der Waals surface area (Å²) in [6, 6.07) is 16.7. The molecular weight excluding hydrogens is 458 g/mol. The molecule has 29 heavy (non-hydrogen) atoms. The van der Waals surface area contributed by atoms with E-state index in [1.807, 2.05) is 18.2 Å². The third kappa shape index (κ3) is 4.81. The van der Waals surface area contributed by atoms with Crippen LogP contribution in [0.2, 0.25) is 0 Å². The van der Waals surface area contributed by atoms with E-state index in [4.69, 9.17) is 4.74 Å². The van der Waals surface area contributed by atoms with Crippen molar-refractivity contribution < 1.29 is 17.9 Å². The highest BCUT2D eigenvalue weighted by Crippen LogP contribution is 2.28. The van der Waals surface area contributed by atoms with Gasteiger partial charge in [0.2, 0.25) is 15.9 Å². The molecule has 0 saturated heterocycles. The third-order valence-corrected chi connectivity index (χ3v) is 6.74. The van der Waals surface area contributed by atoms with Crippen molar-refractivity contribution in [2.75, 3.05) is 19.4 Å². The second kappa shape index (κ2) is 8.73. The Morgan fingerprint density at radius 3 is 2.48 bits per heavy atom. The summed E-state index contributed by atoms with van der Waals surface area (Å²) in [6.07, 6.45) is 1.55. The van der Waals surface area contributed by atoms with E-state index in [0.29, 0.717) is 15.9 Å². The van der Waals surface area contributed by atoms with Crippen LogP contribution >= 0.6 is 15.9 Å². The molecule has 1 N–H and O–H groups in total. The first kappa shape index (κ1) is 21.0. The summed E-state index contributed by atoms with van der Waals surface area (Å²) in [7, 11) is -0.860. The molecule has 3 aromatic rings. The van der Waals surface area contributed by atoms with Gasteiger partial charge in [0.25, 0.3) is 5.91 Å². The van der Waals surface area contributed by atoms with Gasteiger partial charge in [0.15, 0.2) is 0 Å². The molecule has 1 amide bonds. The predicted molar refractivity (Wildman–Crippen MR) is 114 cm³/mol. The van der Waals surface area contributed by atoms with Gasteiger partial charge in [0.1, 0.15) is 11.4 Å². The van der Waals surface area contributed by atoms with Crippen LogP contribution in [-0.2, 0) is 10.0 Å². The average molecular weight is 476 g/mol. The first-order valence-electron chi connectivity index (χ1n) is 8.50. The third-order valence-electron chi connectivity index (χ3n) is 3.93. The zero-order valence-corrected chi connectivity index (χ0v) is 18.1. The van der Waals surface area contributed by atoms with Gasteiger partial charge in [-0.3, -0.25) is 4.79 Å². The van der Waals surface area contributed by atoms with E-state index in [2.05, 4.69) is 26.2 Å². The Morgan fingerprint density at radius 1 is 1.07 bits per heavy atom. The Labute approximate surface area is 177 Å². The fraction of sp³-hybridized carbons (Fsp3) is 0.100. The lowest BCUT2D eigenvalue weighted by atomic mass is 10.2. The second-order valence-electron chi connectivity index (χ2n) is 6.16. The first-order valence-corrected chi connectivity index (χ1v) is 10.7. The highest BCUT2D eigenvalue weighted by Gasteiger charge is 2.22. The van der Waals surface area contributed by atoms with Gasteiger partial charge in [-0.25, -0.2) is 17.7 Å². The molecule has 0 atom stereocenters. The molecule has 2 aromatic carbocycles. The van der Waals surface area contributed by atoms with E-state index in [0.717, 1.165) is 4.31 Å². The zero-order valence-electron chi connectivity index (χ0n) is 15.7. The molecule has 1 heterocycles. The summed E-state index contributed by atoms with van der Waals surface area (Å²) in [5, 5.41) is 2.72. The molecule has 0 bridgehead atoms. The van der Waals surface area contributed by atoms with Gasteiger partial charge in [0, 0.05) is 30.3 Å². The minimum atomic E-state index is -3.72. The van der Waals surface area contributed by atoms with Gasteiger partial charge >= 0.3 is 0 Å². The molecular formula is C20H18BrN3O4S. The number of carbonyl (C=O) groups is 1. The molecule has 3 rings (SSSR count). The normalized spacial score (nSPS) is 11.3. The van der Waals surface area contributed by atoms with Crippen LogP contribution in [0.15, 0.2) is 76.2 Å². The summed E-state index contributed by atoms with van der Waals surface area (Å²) >= 11 is 3.23. The summed E-state index contributed by atoms with van der Waals surface area (Å²) < 4.78 is 32.2. The number of halogens is 1. The average Bonchev–Trinajstić information content (AvgIpc) is 2.70. The minimum Gasteiger partial charge on any atom is -0.437 e. The molecule has 0 saturated carbocycles. The Morgan fingerprint density at radius 2 is 1.79 bits per heavy atom. The fourth-order valence-corrected chi connectivity index (χ4v) is 4.24. The number of hydrogen-bond acceptors (Lipinski definition) is 5. The lowest BCUT2D eigenvalue weighted by Crippen LogP contribution is -2.23. The lowest BCUT2D eigenvalue weighted by Gasteiger charge is -2.14. The molecule has 7 nitrogen and oxygen atoms in total. The maximum Gasteiger partial charge on any atom is 0.255 e. The van der Waals surface area contributed by atoms with Gasteiger partial charge in [0.05, 0.1) is 4.90 Å². The van der Waals surface area contributed by atoms with Crippen molar-refractivity contribution in [1.82, 2.24) is 9.29 Å². The van der Waals surface area contributed by atoms with Crippen LogP contribution in [0.1, 0.15) is 10.4 Å². The Balaban J connectivity index is 1.88. The molecule has 150 valence electrons. The Bertz CT molecular complexity index is 1140. The van der Waals surface area contributed by atoms with Crippen molar-refractivity contribution in [3.8, 4) is 11.6 Å². The minimum absolute atomic E-state index is 0.00194. The smallest absolute Gasteiger partial charge is 0.255 e. The van der Waals surface area contributed by atoms with Gasteiger partial charge in [-0.15, -0.1) is 0 Å². The Hall–Kier alpha value is -2.75. The van der Waals surface area contributed by atoms with Crippen LogP contribution in [0, 0.1) is 0 Å². The number of pyridine rings is 1. The maximum absolute atomic E-state index is 12.8. The van der Waals surface area contributed by atoms with Crippen molar-refractivity contribution in [3.63, 3.8) is 0 Å². The van der Waals surface area contributed by atoms with Crippen molar-refractivity contribution in [1.29, 1.82) is 0 Å². The fourth-order valence-electron chi connectivity index (χ4n) is 2.40. The van der Waals surface area contributed by atoms with Crippen LogP contribution in [0.4, 0.5) is 5.69 Å². The van der Waals surface area contributed by atoms with E-state index in [9.17, 15) is 13.2 Å². The van der Waals surface area contributed by atoms with E-state index in [-0.39, 0.29) is 16.3 Å². The topological polar surface area (TPSA) is 88.6 Å². The Kier molecular flexibility index (Phi) is 6.31. The van der Waals surface area contributed by atoms with E-state index in [1.165, 1.54) is 32.3 Å². The molecule has 0 spiro atoms. The lowest BCUT2D eigenvalue weighted by molar-refractivity contribution is 0.102. The molecule has 0 unspecified atom stereocenters. The number of amides is 1. The molecule has 0 fully saturated rings. The number of ether oxygens (including phenoxy) is 1. The SMILES string of the molecule is CN(C)S(=O)(=O)c1cc(C(=O)Nc2cccnc2Oc2ccccc2)ccc1Br. The molecule has 9 heteroatoms. The number of nitrogens with one attached hydrogen (secondary N) is 1. The standard InChI is InChI=1S/C20H18BrN3O4S/c1-24(2)29(26,27)18-13-14(10-11-16(18)21)19(25)23-17-9-6-12-22-20(17)28-15-7-4-3-5-8-15/h3-13H,1-2H3,(H,23,25). The van der Waals surface area contributed by atoms with Gasteiger partial charge in [-0.05, 0) is 58.4 Å². The number of sulfonamides is 1. The molecule has 0 aliphatic carbocycles. The number of rotatable bonds is 6. The van der Waals surface area contributed by atoms with Crippen molar-refractivity contribution >= 4 is 37.5 Å². The molecule has 0 aliphatic heterocycles. The van der Waals surface area contributed by atoms with E-state index >= 15 is 0 Å². The summed E-state index contributed by atoms with van der Waals surface area (Å²) in [4.78, 5) is 16.9. The predicted octanol–water partition coefficient (Wildman–Crippen LogP) is 4.14. The summed E-state index contributed by atoms with van der Waals surface area (Å²) in [6.45, 7) is 0. The molecule has 1 aromatic heterocycles. The highest BCUT2D eigenvalue weighted by molar-refractivity contribution is 9.10. The number of benzene rings is 2. The number of para-hydroxylation sites is 1. The second-order valence-corrected chi connectivity index (χ2v) is 9.13. The van der Waals surface area contributed by atoms with Crippen LogP contribution in [-0.4, -0.2) is 37.7 Å². The number of nitrogens with zero attached hydrogens (tertiary/aromatic N) is 2. The van der Waals surface area contributed by atoms with Gasteiger partial charge in [-0.2, -0.15) is 0 Å². The monoisotopic (exact) mass is 475 g/mol. The van der Waals surface area contributed by atoms with Crippen molar-refractivity contribution in [2.45, 2.75) is 4.90 Å². The first-order chi connectivity index (χ1) is 13.8. The van der Waals surface area contributed by atoms with Crippen molar-refractivity contribution in [2.24, 2.45) is 0 Å². The summed E-state index contributed by atoms with van der Waals surface area (Å²) in [5.41, 5.74) is 0.546. The van der Waals surface area contributed by atoms with Crippen LogP contribution in [0.5, 0.6) is 11.6 Å². The van der Waals surface area contributed by atoms with E-state index in [1.54, 1.807) is 30.5 Å². The maximum atomic E-state index is 12.8. The highest BCUT2D eigenvalue weighted by atomic mass is 79.9. The molecule has 0 radical (unpaired) electrons. The van der Waals surface area contributed by atoms with Crippen LogP contribution < -0.4 is 10.1 Å². The van der Waals surface area contributed by atoms with Crippen LogP contribution in [0.3, 0.4) is 0 Å². The summed E-state index contributed by atoms with van der Waals surface area (Å²) in [5.74, 6) is 0.314. The van der Waals surface area contributed by atoms with E-state index < -0.39 is 15.9 Å². The van der Waals surface area contributed by atoms with Crippen LogP contribution in [0.25, 0.3) is 0 Å². The van der Waals surface area contributed by atoms with Gasteiger partial charge in [-0.1, -0.05) is 18.2 Å². The number of aromatic nitrogens is 1. The van der Waals surface area contributed by atoms with Crippen molar-refractivity contribution in [3.05, 3.63) is 76.9 Å². The number of anilines is 1. The van der Waals surface area contributed by atoms with Gasteiger partial charge < -0.3 is 10.1 Å². The zero-order chi connectivity index (χ0) is 21.0. The number of carbonyl (C=O) groups excluding carboxylic acids is 1. The number of hydrogen-bond donors (Lipinski definition) is 1. The molecule has 0 aliphatic rings. The largest absolute Gasteiger partial charge is 0.437 e.